The molecular formula is C17H19NO3. The fourth-order valence-corrected chi connectivity index (χ4v) is 2.16. The highest BCUT2D eigenvalue weighted by Crippen LogP contribution is 2.18. The molecule has 0 bridgehead atoms. The SMILES string of the molecule is CC(C)OC(=O)C(=O)NCCc1cccc2ccccc12. The second-order valence-electron chi connectivity index (χ2n) is 5.10. The van der Waals surface area contributed by atoms with Crippen molar-refractivity contribution in [3.63, 3.8) is 0 Å². The van der Waals surface area contributed by atoms with Crippen molar-refractivity contribution in [1.82, 2.24) is 5.32 Å². The summed E-state index contributed by atoms with van der Waals surface area (Å²) in [5.41, 5.74) is 1.14. The van der Waals surface area contributed by atoms with E-state index in [1.807, 2.05) is 24.3 Å². The zero-order valence-corrected chi connectivity index (χ0v) is 12.3. The number of hydrogen-bond donors (Lipinski definition) is 1. The Bertz CT molecular complexity index is 644. The molecule has 0 spiro atoms. The minimum absolute atomic E-state index is 0.290. The first-order valence-corrected chi connectivity index (χ1v) is 7.03. The molecule has 0 aliphatic carbocycles. The summed E-state index contributed by atoms with van der Waals surface area (Å²) in [7, 11) is 0. The normalized spacial score (nSPS) is 10.6. The van der Waals surface area contributed by atoms with Gasteiger partial charge in [-0.25, -0.2) is 4.79 Å². The number of carbonyl (C=O) groups is 2. The van der Waals surface area contributed by atoms with Crippen LogP contribution in [0.3, 0.4) is 0 Å². The maximum absolute atomic E-state index is 11.5. The quantitative estimate of drug-likeness (QED) is 0.693. The minimum atomic E-state index is -0.831. The van der Waals surface area contributed by atoms with Crippen molar-refractivity contribution in [2.24, 2.45) is 0 Å². The fourth-order valence-electron chi connectivity index (χ4n) is 2.16. The Kier molecular flexibility index (Phi) is 4.93. The van der Waals surface area contributed by atoms with Gasteiger partial charge in [0.2, 0.25) is 0 Å². The van der Waals surface area contributed by atoms with Crippen LogP contribution < -0.4 is 5.32 Å². The Morgan fingerprint density at radius 2 is 1.81 bits per heavy atom. The van der Waals surface area contributed by atoms with Crippen molar-refractivity contribution in [3.8, 4) is 0 Å². The third-order valence-electron chi connectivity index (χ3n) is 3.09. The lowest BCUT2D eigenvalue weighted by Crippen LogP contribution is -2.35. The number of rotatable bonds is 4. The second kappa shape index (κ2) is 6.88. The molecule has 0 radical (unpaired) electrons. The molecular weight excluding hydrogens is 266 g/mol. The zero-order valence-electron chi connectivity index (χ0n) is 12.3. The average Bonchev–Trinajstić information content (AvgIpc) is 2.46. The maximum atomic E-state index is 11.5. The Morgan fingerprint density at radius 3 is 2.57 bits per heavy atom. The van der Waals surface area contributed by atoms with Crippen LogP contribution in [0.2, 0.25) is 0 Å². The Labute approximate surface area is 124 Å². The number of esters is 1. The van der Waals surface area contributed by atoms with Crippen molar-refractivity contribution < 1.29 is 14.3 Å². The Balaban J connectivity index is 1.94. The number of amides is 1. The number of benzene rings is 2. The lowest BCUT2D eigenvalue weighted by atomic mass is 10.0. The topological polar surface area (TPSA) is 55.4 Å². The van der Waals surface area contributed by atoms with Crippen molar-refractivity contribution >= 4 is 22.6 Å². The highest BCUT2D eigenvalue weighted by molar-refractivity contribution is 6.32. The van der Waals surface area contributed by atoms with Gasteiger partial charge in [0.05, 0.1) is 6.10 Å². The molecule has 1 amide bonds. The van der Waals surface area contributed by atoms with Crippen LogP contribution in [-0.4, -0.2) is 24.5 Å². The molecule has 0 saturated carbocycles. The van der Waals surface area contributed by atoms with Crippen LogP contribution in [0.1, 0.15) is 19.4 Å². The molecule has 0 saturated heterocycles. The summed E-state index contributed by atoms with van der Waals surface area (Å²) < 4.78 is 4.83. The van der Waals surface area contributed by atoms with Gasteiger partial charge in [-0.1, -0.05) is 42.5 Å². The maximum Gasteiger partial charge on any atom is 0.397 e. The summed E-state index contributed by atoms with van der Waals surface area (Å²) in [4.78, 5) is 22.9. The highest BCUT2D eigenvalue weighted by atomic mass is 16.5. The van der Waals surface area contributed by atoms with Gasteiger partial charge in [0.1, 0.15) is 0 Å². The van der Waals surface area contributed by atoms with Crippen LogP contribution in [0.5, 0.6) is 0 Å². The van der Waals surface area contributed by atoms with E-state index in [-0.39, 0.29) is 6.10 Å². The first-order chi connectivity index (χ1) is 10.1. The van der Waals surface area contributed by atoms with Gasteiger partial charge in [0.15, 0.2) is 0 Å². The summed E-state index contributed by atoms with van der Waals surface area (Å²) in [6, 6.07) is 14.2. The van der Waals surface area contributed by atoms with E-state index in [0.717, 1.165) is 5.56 Å². The standard InChI is InChI=1S/C17H19NO3/c1-12(2)21-17(20)16(19)18-11-10-14-8-5-7-13-6-3-4-9-15(13)14/h3-9,12H,10-11H2,1-2H3,(H,18,19). The third kappa shape index (κ3) is 4.05. The molecule has 0 fully saturated rings. The first-order valence-electron chi connectivity index (χ1n) is 7.03. The molecule has 4 nitrogen and oxygen atoms in total. The van der Waals surface area contributed by atoms with E-state index >= 15 is 0 Å². The first kappa shape index (κ1) is 15.0. The third-order valence-corrected chi connectivity index (χ3v) is 3.09. The molecule has 0 aliphatic rings. The molecule has 4 heteroatoms. The molecule has 2 aromatic carbocycles. The van der Waals surface area contributed by atoms with Gasteiger partial charge in [0, 0.05) is 6.54 Å². The highest BCUT2D eigenvalue weighted by Gasteiger charge is 2.15. The summed E-state index contributed by atoms with van der Waals surface area (Å²) in [5, 5.41) is 4.92. The van der Waals surface area contributed by atoms with Crippen molar-refractivity contribution in [1.29, 1.82) is 0 Å². The largest absolute Gasteiger partial charge is 0.456 e. The summed E-state index contributed by atoms with van der Waals surface area (Å²) in [5.74, 6) is -1.52. The average molecular weight is 285 g/mol. The van der Waals surface area contributed by atoms with Gasteiger partial charge in [-0.05, 0) is 36.6 Å². The van der Waals surface area contributed by atoms with Crippen LogP contribution in [0.4, 0.5) is 0 Å². The van der Waals surface area contributed by atoms with Crippen molar-refractivity contribution in [2.45, 2.75) is 26.4 Å². The Hall–Kier alpha value is -2.36. The van der Waals surface area contributed by atoms with E-state index in [4.69, 9.17) is 4.74 Å². The molecule has 2 rings (SSSR count). The number of fused-ring (bicyclic) bond motifs is 1. The van der Waals surface area contributed by atoms with E-state index in [0.29, 0.717) is 13.0 Å². The molecule has 0 unspecified atom stereocenters. The molecule has 21 heavy (non-hydrogen) atoms. The number of nitrogens with one attached hydrogen (secondary N) is 1. The predicted molar refractivity (Wildman–Crippen MR) is 81.9 cm³/mol. The van der Waals surface area contributed by atoms with Crippen LogP contribution in [-0.2, 0) is 20.7 Å². The molecule has 1 N–H and O–H groups in total. The monoisotopic (exact) mass is 285 g/mol. The summed E-state index contributed by atoms with van der Waals surface area (Å²) in [6.45, 7) is 3.82. The van der Waals surface area contributed by atoms with Crippen LogP contribution in [0.25, 0.3) is 10.8 Å². The minimum Gasteiger partial charge on any atom is -0.456 e. The fraction of sp³-hybridized carbons (Fsp3) is 0.294. The van der Waals surface area contributed by atoms with E-state index in [1.54, 1.807) is 13.8 Å². The molecule has 110 valence electrons. The van der Waals surface area contributed by atoms with Gasteiger partial charge in [-0.3, -0.25) is 4.79 Å². The smallest absolute Gasteiger partial charge is 0.397 e. The van der Waals surface area contributed by atoms with E-state index in [1.165, 1.54) is 10.8 Å². The van der Waals surface area contributed by atoms with Gasteiger partial charge >= 0.3 is 11.9 Å². The molecule has 2 aromatic rings. The van der Waals surface area contributed by atoms with Gasteiger partial charge < -0.3 is 10.1 Å². The summed E-state index contributed by atoms with van der Waals surface area (Å²) >= 11 is 0. The predicted octanol–water partition coefficient (Wildman–Crippen LogP) is 2.45. The molecule has 0 aliphatic heterocycles. The van der Waals surface area contributed by atoms with Gasteiger partial charge in [0.25, 0.3) is 0 Å². The van der Waals surface area contributed by atoms with Gasteiger partial charge in [-0.2, -0.15) is 0 Å². The molecule has 0 aromatic heterocycles. The molecule has 0 atom stereocenters. The van der Waals surface area contributed by atoms with Crippen LogP contribution in [0, 0.1) is 0 Å². The molecule has 0 heterocycles. The number of carbonyl (C=O) groups excluding carboxylic acids is 2. The lowest BCUT2D eigenvalue weighted by molar-refractivity contribution is -0.157. The number of ether oxygens (including phenoxy) is 1. The van der Waals surface area contributed by atoms with Crippen molar-refractivity contribution in [2.75, 3.05) is 6.54 Å². The van der Waals surface area contributed by atoms with Crippen LogP contribution in [0.15, 0.2) is 42.5 Å². The Morgan fingerprint density at radius 1 is 1.10 bits per heavy atom. The zero-order chi connectivity index (χ0) is 15.2. The van der Waals surface area contributed by atoms with Gasteiger partial charge in [-0.15, -0.1) is 0 Å². The van der Waals surface area contributed by atoms with E-state index in [2.05, 4.69) is 23.5 Å². The van der Waals surface area contributed by atoms with E-state index in [9.17, 15) is 9.59 Å². The summed E-state index contributed by atoms with van der Waals surface area (Å²) in [6.07, 6.45) is 0.378. The number of hydrogen-bond acceptors (Lipinski definition) is 3. The van der Waals surface area contributed by atoms with Crippen LogP contribution >= 0.6 is 0 Å². The second-order valence-corrected chi connectivity index (χ2v) is 5.10. The van der Waals surface area contributed by atoms with Crippen molar-refractivity contribution in [3.05, 3.63) is 48.0 Å². The lowest BCUT2D eigenvalue weighted by Gasteiger charge is -2.09. The van der Waals surface area contributed by atoms with E-state index < -0.39 is 11.9 Å².